The Balaban J connectivity index is 1.56. The lowest BCUT2D eigenvalue weighted by atomic mass is 10.1. The van der Waals surface area contributed by atoms with Gasteiger partial charge < -0.3 is 9.73 Å². The average molecular weight is 384 g/mol. The first-order chi connectivity index (χ1) is 12.5. The number of fused-ring (bicyclic) bond motifs is 1. The lowest BCUT2D eigenvalue weighted by molar-refractivity contribution is 0.102. The maximum Gasteiger partial charge on any atom is 0.276 e. The van der Waals surface area contributed by atoms with Gasteiger partial charge in [-0.3, -0.25) is 4.79 Å². The Bertz CT molecular complexity index is 1120. The minimum atomic E-state index is -0.324. The van der Waals surface area contributed by atoms with E-state index >= 15 is 0 Å². The molecule has 5 nitrogen and oxygen atoms in total. The molecule has 0 unspecified atom stereocenters. The highest BCUT2D eigenvalue weighted by molar-refractivity contribution is 7.06. The zero-order valence-corrected chi connectivity index (χ0v) is 15.6. The van der Waals surface area contributed by atoms with Crippen molar-refractivity contribution in [1.29, 1.82) is 0 Å². The summed E-state index contributed by atoms with van der Waals surface area (Å²) in [5, 5.41) is 3.20. The molecule has 1 aromatic carbocycles. The SMILES string of the molecule is Cc1ccc2oc(-c3ccc(NC(=O)c4nsc(C)c4Cl)cc3)cc2n1. The molecule has 0 spiro atoms. The number of aromatic nitrogens is 2. The van der Waals surface area contributed by atoms with Crippen molar-refractivity contribution in [2.75, 3.05) is 5.32 Å². The van der Waals surface area contributed by atoms with Gasteiger partial charge in [-0.2, -0.15) is 4.37 Å². The second-order valence-electron chi connectivity index (χ2n) is 5.88. The number of anilines is 1. The monoisotopic (exact) mass is 383 g/mol. The number of carbonyl (C=O) groups is 1. The molecule has 1 N–H and O–H groups in total. The molecule has 7 heteroatoms. The number of hydrogen-bond acceptors (Lipinski definition) is 5. The highest BCUT2D eigenvalue weighted by atomic mass is 35.5. The first kappa shape index (κ1) is 16.8. The second kappa shape index (κ2) is 6.55. The fourth-order valence-electron chi connectivity index (χ4n) is 2.58. The van der Waals surface area contributed by atoms with E-state index in [1.54, 1.807) is 0 Å². The van der Waals surface area contributed by atoms with E-state index in [1.165, 1.54) is 11.5 Å². The fraction of sp³-hybridized carbons (Fsp3) is 0.105. The molecule has 0 fully saturated rings. The zero-order chi connectivity index (χ0) is 18.3. The third kappa shape index (κ3) is 3.09. The molecule has 0 aliphatic heterocycles. The van der Waals surface area contributed by atoms with E-state index in [0.717, 1.165) is 33.0 Å². The fourth-order valence-corrected chi connectivity index (χ4v) is 3.44. The standard InChI is InChI=1S/C19H14ClN3O2S/c1-10-3-8-15-14(21-10)9-16(25-15)12-4-6-13(7-5-12)22-19(24)18-17(20)11(2)26-23-18/h3-9H,1-2H3,(H,22,24). The van der Waals surface area contributed by atoms with Gasteiger partial charge in [-0.1, -0.05) is 11.6 Å². The van der Waals surface area contributed by atoms with Crippen molar-refractivity contribution in [2.45, 2.75) is 13.8 Å². The van der Waals surface area contributed by atoms with Crippen molar-refractivity contribution in [3.05, 3.63) is 63.8 Å². The number of furan rings is 1. The second-order valence-corrected chi connectivity index (χ2v) is 7.23. The van der Waals surface area contributed by atoms with Gasteiger partial charge >= 0.3 is 0 Å². The molecule has 3 aromatic heterocycles. The van der Waals surface area contributed by atoms with Crippen LogP contribution in [0.1, 0.15) is 21.1 Å². The van der Waals surface area contributed by atoms with Crippen LogP contribution in [0.15, 0.2) is 46.9 Å². The van der Waals surface area contributed by atoms with Crippen LogP contribution in [0.3, 0.4) is 0 Å². The number of nitrogens with zero attached hydrogens (tertiary/aromatic N) is 2. The summed E-state index contributed by atoms with van der Waals surface area (Å²) in [4.78, 5) is 17.5. The molecule has 4 aromatic rings. The van der Waals surface area contributed by atoms with Crippen LogP contribution in [0.4, 0.5) is 5.69 Å². The van der Waals surface area contributed by atoms with Gasteiger partial charge in [0.05, 0.1) is 5.02 Å². The van der Waals surface area contributed by atoms with Gasteiger partial charge in [0.15, 0.2) is 11.3 Å². The van der Waals surface area contributed by atoms with Crippen LogP contribution in [-0.2, 0) is 0 Å². The molecule has 1 amide bonds. The van der Waals surface area contributed by atoms with E-state index in [-0.39, 0.29) is 11.6 Å². The van der Waals surface area contributed by atoms with E-state index in [4.69, 9.17) is 16.0 Å². The molecule has 130 valence electrons. The lowest BCUT2D eigenvalue weighted by Gasteiger charge is -2.04. The van der Waals surface area contributed by atoms with Crippen molar-refractivity contribution in [1.82, 2.24) is 9.36 Å². The highest BCUT2D eigenvalue weighted by Crippen LogP contribution is 2.28. The van der Waals surface area contributed by atoms with Gasteiger partial charge in [0.25, 0.3) is 5.91 Å². The first-order valence-electron chi connectivity index (χ1n) is 7.92. The van der Waals surface area contributed by atoms with E-state index in [2.05, 4.69) is 14.7 Å². The predicted molar refractivity (Wildman–Crippen MR) is 104 cm³/mol. The summed E-state index contributed by atoms with van der Waals surface area (Å²) in [5.41, 5.74) is 4.32. The number of pyridine rings is 1. The molecule has 0 saturated carbocycles. The molecule has 0 saturated heterocycles. The van der Waals surface area contributed by atoms with Crippen molar-refractivity contribution in [3.63, 3.8) is 0 Å². The molecule has 4 rings (SSSR count). The number of carbonyl (C=O) groups excluding carboxylic acids is 1. The molecule has 0 atom stereocenters. The molecular weight excluding hydrogens is 370 g/mol. The predicted octanol–water partition coefficient (Wildman–Crippen LogP) is 5.47. The Morgan fingerprint density at radius 1 is 1.15 bits per heavy atom. The quantitative estimate of drug-likeness (QED) is 0.509. The summed E-state index contributed by atoms with van der Waals surface area (Å²) in [7, 11) is 0. The number of rotatable bonds is 3. The van der Waals surface area contributed by atoms with E-state index < -0.39 is 0 Å². The Hall–Kier alpha value is -2.70. The number of nitrogens with one attached hydrogen (secondary N) is 1. The normalized spacial score (nSPS) is 11.0. The van der Waals surface area contributed by atoms with Gasteiger partial charge in [0, 0.05) is 27.9 Å². The molecule has 0 bridgehead atoms. The van der Waals surface area contributed by atoms with Crippen LogP contribution in [0.25, 0.3) is 22.4 Å². The van der Waals surface area contributed by atoms with E-state index in [9.17, 15) is 4.79 Å². The van der Waals surface area contributed by atoms with Crippen LogP contribution < -0.4 is 5.32 Å². The summed E-state index contributed by atoms with van der Waals surface area (Å²) in [6.07, 6.45) is 0. The van der Waals surface area contributed by atoms with Crippen LogP contribution in [0.2, 0.25) is 5.02 Å². The van der Waals surface area contributed by atoms with Crippen molar-refractivity contribution in [2.24, 2.45) is 0 Å². The zero-order valence-electron chi connectivity index (χ0n) is 14.0. The number of amides is 1. The van der Waals surface area contributed by atoms with E-state index in [1.807, 2.05) is 56.3 Å². The smallest absolute Gasteiger partial charge is 0.276 e. The van der Waals surface area contributed by atoms with Crippen LogP contribution >= 0.6 is 23.1 Å². The third-order valence-corrected chi connectivity index (χ3v) is 5.27. The van der Waals surface area contributed by atoms with Crippen LogP contribution in [0, 0.1) is 13.8 Å². The first-order valence-corrected chi connectivity index (χ1v) is 9.07. The number of aryl methyl sites for hydroxylation is 2. The van der Waals surface area contributed by atoms with Gasteiger partial charge in [0.1, 0.15) is 11.3 Å². The number of hydrogen-bond donors (Lipinski definition) is 1. The van der Waals surface area contributed by atoms with Crippen LogP contribution in [0.5, 0.6) is 0 Å². The number of halogens is 1. The topological polar surface area (TPSA) is 68.0 Å². The Morgan fingerprint density at radius 3 is 2.62 bits per heavy atom. The van der Waals surface area contributed by atoms with Gasteiger partial charge in [-0.05, 0) is 61.8 Å². The van der Waals surface area contributed by atoms with Gasteiger partial charge in [-0.25, -0.2) is 4.98 Å². The Labute approximate surface area is 158 Å². The summed E-state index contributed by atoms with van der Waals surface area (Å²) in [5.74, 6) is 0.407. The minimum Gasteiger partial charge on any atom is -0.454 e. The molecule has 3 heterocycles. The Morgan fingerprint density at radius 2 is 1.92 bits per heavy atom. The van der Waals surface area contributed by atoms with Crippen molar-refractivity contribution < 1.29 is 9.21 Å². The Kier molecular flexibility index (Phi) is 4.22. The molecular formula is C19H14ClN3O2S. The minimum absolute atomic E-state index is 0.247. The van der Waals surface area contributed by atoms with Crippen molar-refractivity contribution in [3.8, 4) is 11.3 Å². The summed E-state index contributed by atoms with van der Waals surface area (Å²) in [6, 6.07) is 13.1. The molecule has 0 radical (unpaired) electrons. The number of benzene rings is 1. The average Bonchev–Trinajstić information content (AvgIpc) is 3.19. The molecule has 0 aliphatic carbocycles. The lowest BCUT2D eigenvalue weighted by Crippen LogP contribution is -2.12. The maximum atomic E-state index is 12.3. The molecule has 26 heavy (non-hydrogen) atoms. The summed E-state index contributed by atoms with van der Waals surface area (Å²) < 4.78 is 9.93. The summed E-state index contributed by atoms with van der Waals surface area (Å²) >= 11 is 7.31. The van der Waals surface area contributed by atoms with E-state index in [0.29, 0.717) is 10.7 Å². The highest BCUT2D eigenvalue weighted by Gasteiger charge is 2.16. The maximum absolute atomic E-state index is 12.3. The third-order valence-electron chi connectivity index (χ3n) is 3.95. The summed E-state index contributed by atoms with van der Waals surface area (Å²) in [6.45, 7) is 3.77. The van der Waals surface area contributed by atoms with Gasteiger partial charge in [-0.15, -0.1) is 0 Å². The molecule has 0 aliphatic rings. The van der Waals surface area contributed by atoms with Crippen molar-refractivity contribution >= 4 is 45.8 Å². The van der Waals surface area contributed by atoms with Gasteiger partial charge in [0.2, 0.25) is 0 Å². The van der Waals surface area contributed by atoms with Crippen LogP contribution in [-0.4, -0.2) is 15.3 Å². The largest absolute Gasteiger partial charge is 0.454 e.